The van der Waals surface area contributed by atoms with Gasteiger partial charge < -0.3 is 16.2 Å². The number of nitrogens with two attached hydrogens (primary N) is 1. The van der Waals surface area contributed by atoms with E-state index in [0.717, 1.165) is 12.8 Å². The number of nitrogens with one attached hydrogen (secondary N) is 1. The predicted octanol–water partition coefficient (Wildman–Crippen LogP) is 2.43. The van der Waals surface area contributed by atoms with Crippen molar-refractivity contribution in [3.63, 3.8) is 0 Å². The highest BCUT2D eigenvalue weighted by Crippen LogP contribution is 2.20. The first-order valence-electron chi connectivity index (χ1n) is 8.46. The molecule has 3 rings (SSSR count). The number of pyridine rings is 1. The molecule has 1 saturated carbocycles. The molecule has 2 atom stereocenters. The van der Waals surface area contributed by atoms with E-state index in [1.54, 1.807) is 36.5 Å². The molecule has 5 nitrogen and oxygen atoms in total. The minimum atomic E-state index is -0.929. The summed E-state index contributed by atoms with van der Waals surface area (Å²) in [6, 6.07) is 9.33. The van der Waals surface area contributed by atoms with Crippen LogP contribution in [0, 0.1) is 5.82 Å². The maximum Gasteiger partial charge on any atom is 0.253 e. The van der Waals surface area contributed by atoms with Crippen LogP contribution >= 0.6 is 24.8 Å². The second-order valence-corrected chi connectivity index (χ2v) is 6.48. The van der Waals surface area contributed by atoms with Gasteiger partial charge in [0.25, 0.3) is 5.91 Å². The van der Waals surface area contributed by atoms with E-state index >= 15 is 0 Å². The number of hydrogen-bond donors (Lipinski definition) is 3. The van der Waals surface area contributed by atoms with E-state index in [1.807, 2.05) is 0 Å². The Labute approximate surface area is 170 Å². The molecule has 1 fully saturated rings. The number of amides is 1. The third-order valence-electron chi connectivity index (χ3n) is 4.36. The van der Waals surface area contributed by atoms with Crippen LogP contribution in [0.25, 0.3) is 0 Å². The SMILES string of the molecule is Cl.Cl.N[C@H](Cc1ccccc1F)[C@@H](O)Cc1ncccc1C(=O)NC1CC1. The molecule has 0 bridgehead atoms. The van der Waals surface area contributed by atoms with E-state index in [1.165, 1.54) is 6.07 Å². The molecule has 8 heteroatoms. The van der Waals surface area contributed by atoms with Crippen molar-refractivity contribution >= 4 is 30.7 Å². The monoisotopic (exact) mass is 415 g/mol. The van der Waals surface area contributed by atoms with E-state index in [9.17, 15) is 14.3 Å². The second-order valence-electron chi connectivity index (χ2n) is 6.48. The van der Waals surface area contributed by atoms with E-state index < -0.39 is 12.1 Å². The maximum atomic E-state index is 13.7. The number of aromatic nitrogens is 1. The molecule has 2 aromatic rings. The maximum absolute atomic E-state index is 13.7. The van der Waals surface area contributed by atoms with Crippen molar-refractivity contribution in [2.24, 2.45) is 5.73 Å². The van der Waals surface area contributed by atoms with Crippen LogP contribution in [0.4, 0.5) is 4.39 Å². The average Bonchev–Trinajstić information content (AvgIpc) is 3.41. The standard InChI is InChI=1S/C19H22FN3O2.2ClH/c20-15-6-2-1-4-12(15)10-16(21)18(24)11-17-14(5-3-9-22-17)19(25)23-13-7-8-13;;/h1-6,9,13,16,18,24H,7-8,10-11,21H2,(H,23,25);2*1H/t16-,18+;;/m1../s1. The lowest BCUT2D eigenvalue weighted by atomic mass is 9.97. The average molecular weight is 416 g/mol. The third-order valence-corrected chi connectivity index (χ3v) is 4.36. The Bertz CT molecular complexity index is 759. The zero-order valence-electron chi connectivity index (χ0n) is 14.7. The Hall–Kier alpha value is -1.73. The van der Waals surface area contributed by atoms with Gasteiger partial charge in [-0.2, -0.15) is 0 Å². The van der Waals surface area contributed by atoms with Gasteiger partial charge in [0.2, 0.25) is 0 Å². The Morgan fingerprint density at radius 2 is 1.93 bits per heavy atom. The van der Waals surface area contributed by atoms with Gasteiger partial charge in [-0.15, -0.1) is 24.8 Å². The summed E-state index contributed by atoms with van der Waals surface area (Å²) < 4.78 is 13.7. The van der Waals surface area contributed by atoms with Crippen molar-refractivity contribution in [3.8, 4) is 0 Å². The highest BCUT2D eigenvalue weighted by molar-refractivity contribution is 5.95. The Morgan fingerprint density at radius 1 is 1.22 bits per heavy atom. The van der Waals surface area contributed by atoms with Crippen LogP contribution in [-0.4, -0.2) is 34.2 Å². The summed E-state index contributed by atoms with van der Waals surface area (Å²) in [5, 5.41) is 13.3. The number of aliphatic hydroxyl groups excluding tert-OH is 1. The molecule has 1 aliphatic rings. The summed E-state index contributed by atoms with van der Waals surface area (Å²) >= 11 is 0. The van der Waals surface area contributed by atoms with Crippen molar-refractivity contribution in [2.45, 2.75) is 43.9 Å². The van der Waals surface area contributed by atoms with Gasteiger partial charge in [-0.05, 0) is 43.0 Å². The number of carbonyl (C=O) groups excluding carboxylic acids is 1. The lowest BCUT2D eigenvalue weighted by Gasteiger charge is -2.20. The zero-order valence-corrected chi connectivity index (χ0v) is 16.3. The van der Waals surface area contributed by atoms with Crippen LogP contribution in [0.15, 0.2) is 42.6 Å². The molecule has 0 unspecified atom stereocenters. The van der Waals surface area contributed by atoms with E-state index in [-0.39, 0.29) is 55.4 Å². The molecule has 148 valence electrons. The zero-order chi connectivity index (χ0) is 17.8. The van der Waals surface area contributed by atoms with Crippen molar-refractivity contribution in [1.29, 1.82) is 0 Å². The van der Waals surface area contributed by atoms with Crippen LogP contribution in [-0.2, 0) is 12.8 Å². The first-order valence-corrected chi connectivity index (χ1v) is 8.46. The van der Waals surface area contributed by atoms with Gasteiger partial charge >= 0.3 is 0 Å². The van der Waals surface area contributed by atoms with Crippen molar-refractivity contribution in [3.05, 3.63) is 65.2 Å². The molecular weight excluding hydrogens is 392 g/mol. The summed E-state index contributed by atoms with van der Waals surface area (Å²) in [4.78, 5) is 16.5. The highest BCUT2D eigenvalue weighted by atomic mass is 35.5. The molecule has 0 aliphatic heterocycles. The second kappa shape index (κ2) is 10.6. The summed E-state index contributed by atoms with van der Waals surface area (Å²) in [5.41, 5.74) is 7.45. The molecule has 0 spiro atoms. The lowest BCUT2D eigenvalue weighted by molar-refractivity contribution is 0.0947. The Morgan fingerprint density at radius 3 is 2.59 bits per heavy atom. The fourth-order valence-corrected chi connectivity index (χ4v) is 2.70. The molecular formula is C19H24Cl2FN3O2. The summed E-state index contributed by atoms with van der Waals surface area (Å²) in [7, 11) is 0. The quantitative estimate of drug-likeness (QED) is 0.647. The highest BCUT2D eigenvalue weighted by Gasteiger charge is 2.26. The third kappa shape index (κ3) is 6.43. The number of halogens is 3. The number of carbonyl (C=O) groups is 1. The predicted molar refractivity (Wildman–Crippen MR) is 107 cm³/mol. The number of hydrogen-bond acceptors (Lipinski definition) is 4. The molecule has 4 N–H and O–H groups in total. The van der Waals surface area contributed by atoms with Gasteiger partial charge in [0.05, 0.1) is 17.4 Å². The summed E-state index contributed by atoms with van der Waals surface area (Å²) in [5.74, 6) is -0.520. The van der Waals surface area contributed by atoms with E-state index in [4.69, 9.17) is 5.73 Å². The number of rotatable bonds is 7. The van der Waals surface area contributed by atoms with E-state index in [2.05, 4.69) is 10.3 Å². The number of nitrogens with zero attached hydrogens (tertiary/aromatic N) is 1. The molecule has 1 aliphatic carbocycles. The Balaban J connectivity index is 0.00000182. The van der Waals surface area contributed by atoms with Crippen molar-refractivity contribution < 1.29 is 14.3 Å². The lowest BCUT2D eigenvalue weighted by Crippen LogP contribution is -2.39. The van der Waals surface area contributed by atoms with Crippen LogP contribution in [0.1, 0.15) is 34.5 Å². The van der Waals surface area contributed by atoms with Gasteiger partial charge in [-0.3, -0.25) is 9.78 Å². The number of aliphatic hydroxyl groups is 1. The van der Waals surface area contributed by atoms with E-state index in [0.29, 0.717) is 16.8 Å². The van der Waals surface area contributed by atoms with Crippen molar-refractivity contribution in [2.75, 3.05) is 0 Å². The summed E-state index contributed by atoms with van der Waals surface area (Å²) in [6.07, 6.45) is 3.00. The van der Waals surface area contributed by atoms with Gasteiger partial charge in [0.1, 0.15) is 5.82 Å². The van der Waals surface area contributed by atoms with Gasteiger partial charge in [-0.1, -0.05) is 18.2 Å². The molecule has 1 aromatic heterocycles. The minimum absolute atomic E-state index is 0. The molecule has 0 radical (unpaired) electrons. The molecule has 1 heterocycles. The molecule has 1 aromatic carbocycles. The van der Waals surface area contributed by atoms with Crippen LogP contribution in [0.3, 0.4) is 0 Å². The fraction of sp³-hybridized carbons (Fsp3) is 0.368. The minimum Gasteiger partial charge on any atom is -0.391 e. The topological polar surface area (TPSA) is 88.2 Å². The molecule has 1 amide bonds. The largest absolute Gasteiger partial charge is 0.391 e. The normalized spacial score (nSPS) is 15.1. The first kappa shape index (κ1) is 23.3. The van der Waals surface area contributed by atoms with Gasteiger partial charge in [-0.25, -0.2) is 4.39 Å². The first-order chi connectivity index (χ1) is 12.0. The van der Waals surface area contributed by atoms with Crippen LogP contribution in [0.2, 0.25) is 0 Å². The van der Waals surface area contributed by atoms with Gasteiger partial charge in [0, 0.05) is 24.7 Å². The van der Waals surface area contributed by atoms with Crippen LogP contribution in [0.5, 0.6) is 0 Å². The smallest absolute Gasteiger partial charge is 0.253 e. The number of benzene rings is 1. The fourth-order valence-electron chi connectivity index (χ4n) is 2.70. The Kier molecular flexibility index (Phi) is 9.12. The van der Waals surface area contributed by atoms with Crippen LogP contribution < -0.4 is 11.1 Å². The van der Waals surface area contributed by atoms with Gasteiger partial charge in [0.15, 0.2) is 0 Å². The molecule has 0 saturated heterocycles. The molecule has 27 heavy (non-hydrogen) atoms. The van der Waals surface area contributed by atoms with Crippen molar-refractivity contribution in [1.82, 2.24) is 10.3 Å². The summed E-state index contributed by atoms with van der Waals surface area (Å²) in [6.45, 7) is 0.